The van der Waals surface area contributed by atoms with Crippen LogP contribution in [-0.4, -0.2) is 20.9 Å². The Labute approximate surface area is 143 Å². The van der Waals surface area contributed by atoms with E-state index in [4.69, 9.17) is 0 Å². The predicted octanol–water partition coefficient (Wildman–Crippen LogP) is 2.92. The number of sulfonamides is 1. The first-order chi connectivity index (χ1) is 11.3. The summed E-state index contributed by atoms with van der Waals surface area (Å²) in [4.78, 5) is 12.2. The fourth-order valence-corrected chi connectivity index (χ4v) is 3.23. The molecule has 2 rings (SSSR count). The standard InChI is InChI=1S/C18H22N2O3S/c1-13-7-9-16(10-8-13)24(22,23)19-12-11-18(21)20-17-6-4-5-14(2)15(17)3/h4-10,19H,11-12H2,1-3H3,(H,20,21). The average molecular weight is 346 g/mol. The van der Waals surface area contributed by atoms with E-state index in [0.717, 1.165) is 22.4 Å². The van der Waals surface area contributed by atoms with E-state index in [1.807, 2.05) is 39.0 Å². The summed E-state index contributed by atoms with van der Waals surface area (Å²) in [6.07, 6.45) is 0.0679. The Hall–Kier alpha value is -2.18. The molecule has 2 aromatic carbocycles. The zero-order valence-corrected chi connectivity index (χ0v) is 14.9. The van der Waals surface area contributed by atoms with E-state index >= 15 is 0 Å². The second-order valence-electron chi connectivity index (χ2n) is 5.76. The molecule has 128 valence electrons. The van der Waals surface area contributed by atoms with Crippen molar-refractivity contribution in [3.05, 3.63) is 59.2 Å². The summed E-state index contributed by atoms with van der Waals surface area (Å²) in [6.45, 7) is 5.85. The van der Waals surface area contributed by atoms with Gasteiger partial charge in [-0.3, -0.25) is 4.79 Å². The summed E-state index contributed by atoms with van der Waals surface area (Å²) in [7, 11) is -3.59. The Morgan fingerprint density at radius 3 is 2.33 bits per heavy atom. The Morgan fingerprint density at radius 2 is 1.67 bits per heavy atom. The molecule has 0 aliphatic rings. The molecule has 0 saturated heterocycles. The second kappa shape index (κ2) is 7.59. The van der Waals surface area contributed by atoms with E-state index in [1.165, 1.54) is 0 Å². The van der Waals surface area contributed by atoms with Crippen LogP contribution in [0.4, 0.5) is 5.69 Å². The molecule has 2 N–H and O–H groups in total. The predicted molar refractivity (Wildman–Crippen MR) is 95.5 cm³/mol. The fourth-order valence-electron chi connectivity index (χ4n) is 2.20. The number of aryl methyl sites for hydroxylation is 2. The molecule has 0 spiro atoms. The molecular formula is C18H22N2O3S. The smallest absolute Gasteiger partial charge is 0.240 e. The summed E-state index contributed by atoms with van der Waals surface area (Å²) >= 11 is 0. The van der Waals surface area contributed by atoms with E-state index in [2.05, 4.69) is 10.0 Å². The molecular weight excluding hydrogens is 324 g/mol. The maximum Gasteiger partial charge on any atom is 0.240 e. The van der Waals surface area contributed by atoms with Gasteiger partial charge in [-0.15, -0.1) is 0 Å². The van der Waals surface area contributed by atoms with Crippen LogP contribution in [-0.2, 0) is 14.8 Å². The van der Waals surface area contributed by atoms with Crippen LogP contribution in [0.2, 0.25) is 0 Å². The van der Waals surface area contributed by atoms with Gasteiger partial charge in [-0.2, -0.15) is 0 Å². The molecule has 0 radical (unpaired) electrons. The minimum absolute atomic E-state index is 0.0485. The summed E-state index contributed by atoms with van der Waals surface area (Å²) in [6, 6.07) is 12.3. The van der Waals surface area contributed by atoms with Gasteiger partial charge in [-0.25, -0.2) is 13.1 Å². The molecule has 0 aliphatic heterocycles. The number of benzene rings is 2. The van der Waals surface area contributed by atoms with Crippen LogP contribution < -0.4 is 10.0 Å². The monoisotopic (exact) mass is 346 g/mol. The topological polar surface area (TPSA) is 75.3 Å². The van der Waals surface area contributed by atoms with Crippen LogP contribution in [0.25, 0.3) is 0 Å². The molecule has 0 saturated carbocycles. The lowest BCUT2D eigenvalue weighted by atomic mass is 10.1. The lowest BCUT2D eigenvalue weighted by molar-refractivity contribution is -0.116. The molecule has 0 heterocycles. The quantitative estimate of drug-likeness (QED) is 0.844. The largest absolute Gasteiger partial charge is 0.326 e. The van der Waals surface area contributed by atoms with Crippen molar-refractivity contribution in [2.45, 2.75) is 32.1 Å². The lowest BCUT2D eigenvalue weighted by Gasteiger charge is -2.11. The highest BCUT2D eigenvalue weighted by atomic mass is 32.2. The molecule has 0 unspecified atom stereocenters. The average Bonchev–Trinajstić information content (AvgIpc) is 2.52. The molecule has 0 fully saturated rings. The second-order valence-corrected chi connectivity index (χ2v) is 7.52. The fraction of sp³-hybridized carbons (Fsp3) is 0.278. The lowest BCUT2D eigenvalue weighted by Crippen LogP contribution is -2.28. The third kappa shape index (κ3) is 4.66. The maximum absolute atomic E-state index is 12.1. The van der Waals surface area contributed by atoms with E-state index in [9.17, 15) is 13.2 Å². The number of carbonyl (C=O) groups excluding carboxylic acids is 1. The van der Waals surface area contributed by atoms with Gasteiger partial charge < -0.3 is 5.32 Å². The highest BCUT2D eigenvalue weighted by Gasteiger charge is 2.14. The van der Waals surface area contributed by atoms with Gasteiger partial charge in [0.05, 0.1) is 4.90 Å². The minimum atomic E-state index is -3.59. The van der Waals surface area contributed by atoms with Gasteiger partial charge in [0.1, 0.15) is 0 Å². The van der Waals surface area contributed by atoms with E-state index in [1.54, 1.807) is 24.3 Å². The van der Waals surface area contributed by atoms with Crippen LogP contribution in [0.1, 0.15) is 23.1 Å². The van der Waals surface area contributed by atoms with Crippen molar-refractivity contribution in [3.63, 3.8) is 0 Å². The normalized spacial score (nSPS) is 11.3. The molecule has 5 nitrogen and oxygen atoms in total. The molecule has 6 heteroatoms. The van der Waals surface area contributed by atoms with Crippen LogP contribution in [0, 0.1) is 20.8 Å². The maximum atomic E-state index is 12.1. The molecule has 0 aliphatic carbocycles. The van der Waals surface area contributed by atoms with Crippen molar-refractivity contribution in [1.29, 1.82) is 0 Å². The van der Waals surface area contributed by atoms with Gasteiger partial charge >= 0.3 is 0 Å². The summed E-state index contributed by atoms with van der Waals surface area (Å²) in [5.41, 5.74) is 3.84. The van der Waals surface area contributed by atoms with Crippen molar-refractivity contribution in [1.82, 2.24) is 4.72 Å². The first-order valence-corrected chi connectivity index (χ1v) is 9.20. The molecule has 0 aromatic heterocycles. The summed E-state index contributed by atoms with van der Waals surface area (Å²) in [5, 5.41) is 2.81. The zero-order chi connectivity index (χ0) is 17.7. The molecule has 24 heavy (non-hydrogen) atoms. The molecule has 1 amide bonds. The SMILES string of the molecule is Cc1ccc(S(=O)(=O)NCCC(=O)Nc2cccc(C)c2C)cc1. The first kappa shape index (κ1) is 18.2. The number of anilines is 1. The van der Waals surface area contributed by atoms with E-state index < -0.39 is 10.0 Å². The Kier molecular flexibility index (Phi) is 5.75. The molecule has 0 atom stereocenters. The first-order valence-electron chi connectivity index (χ1n) is 7.72. The number of nitrogens with one attached hydrogen (secondary N) is 2. The van der Waals surface area contributed by atoms with Crippen molar-refractivity contribution in [2.75, 3.05) is 11.9 Å². The van der Waals surface area contributed by atoms with Gasteiger partial charge in [0, 0.05) is 18.7 Å². The van der Waals surface area contributed by atoms with Crippen molar-refractivity contribution in [2.24, 2.45) is 0 Å². The minimum Gasteiger partial charge on any atom is -0.326 e. The Balaban J connectivity index is 1.90. The summed E-state index contributed by atoms with van der Waals surface area (Å²) < 4.78 is 26.7. The van der Waals surface area contributed by atoms with Gasteiger partial charge in [0.25, 0.3) is 0 Å². The molecule has 0 bridgehead atoms. The number of hydrogen-bond donors (Lipinski definition) is 2. The van der Waals surface area contributed by atoms with Crippen LogP contribution in [0.5, 0.6) is 0 Å². The van der Waals surface area contributed by atoms with Crippen LogP contribution >= 0.6 is 0 Å². The number of rotatable bonds is 6. The molecule has 2 aromatic rings. The number of carbonyl (C=O) groups is 1. The van der Waals surface area contributed by atoms with E-state index in [-0.39, 0.29) is 23.8 Å². The van der Waals surface area contributed by atoms with Crippen molar-refractivity contribution >= 4 is 21.6 Å². The highest BCUT2D eigenvalue weighted by molar-refractivity contribution is 7.89. The van der Waals surface area contributed by atoms with Gasteiger partial charge in [0.15, 0.2) is 0 Å². The van der Waals surface area contributed by atoms with Crippen LogP contribution in [0.15, 0.2) is 47.4 Å². The third-order valence-corrected chi connectivity index (χ3v) is 5.33. The Morgan fingerprint density at radius 1 is 1.00 bits per heavy atom. The van der Waals surface area contributed by atoms with Gasteiger partial charge in [0.2, 0.25) is 15.9 Å². The van der Waals surface area contributed by atoms with E-state index in [0.29, 0.717) is 0 Å². The van der Waals surface area contributed by atoms with Crippen molar-refractivity contribution < 1.29 is 13.2 Å². The number of hydrogen-bond acceptors (Lipinski definition) is 3. The summed E-state index contributed by atoms with van der Waals surface area (Å²) in [5.74, 6) is -0.227. The zero-order valence-electron chi connectivity index (χ0n) is 14.1. The highest BCUT2D eigenvalue weighted by Crippen LogP contribution is 2.18. The van der Waals surface area contributed by atoms with Gasteiger partial charge in [-0.05, 0) is 50.1 Å². The number of amides is 1. The Bertz CT molecular complexity index is 828. The third-order valence-electron chi connectivity index (χ3n) is 3.85. The van der Waals surface area contributed by atoms with Crippen LogP contribution in [0.3, 0.4) is 0 Å². The van der Waals surface area contributed by atoms with Gasteiger partial charge in [-0.1, -0.05) is 29.8 Å². The van der Waals surface area contributed by atoms with Crippen molar-refractivity contribution in [3.8, 4) is 0 Å².